The zero-order valence-corrected chi connectivity index (χ0v) is 16.2. The Hall–Kier alpha value is -3.50. The van der Waals surface area contributed by atoms with E-state index in [0.717, 1.165) is 11.1 Å². The Labute approximate surface area is 168 Å². The van der Waals surface area contributed by atoms with Gasteiger partial charge in [-0.15, -0.1) is 0 Å². The van der Waals surface area contributed by atoms with E-state index in [1.807, 2.05) is 32.0 Å². The number of aryl methyl sites for hydroxylation is 2. The van der Waals surface area contributed by atoms with Crippen LogP contribution < -0.4 is 15.0 Å². The summed E-state index contributed by atoms with van der Waals surface area (Å²) in [6.07, 6.45) is 1.44. The lowest BCUT2D eigenvalue weighted by Gasteiger charge is -2.29. The lowest BCUT2D eigenvalue weighted by atomic mass is 10.0. The molecule has 28 heavy (non-hydrogen) atoms. The highest BCUT2D eigenvalue weighted by Gasteiger charge is 2.34. The van der Waals surface area contributed by atoms with Gasteiger partial charge in [0.2, 0.25) is 0 Å². The van der Waals surface area contributed by atoms with Crippen LogP contribution >= 0.6 is 12.2 Å². The van der Waals surface area contributed by atoms with Gasteiger partial charge in [0.1, 0.15) is 17.4 Å². The van der Waals surface area contributed by atoms with E-state index in [2.05, 4.69) is 5.32 Å². The minimum Gasteiger partial charge on any atom is -0.478 e. The Morgan fingerprint density at radius 3 is 2.64 bits per heavy atom. The number of thiocarbonyl (C=S) groups is 1. The molecule has 0 unspecified atom stereocenters. The topological polar surface area (TPSA) is 82.4 Å². The molecule has 0 aromatic heterocycles. The number of carbonyl (C=O) groups excluding carboxylic acids is 2. The molecule has 6 nitrogen and oxygen atoms in total. The molecule has 2 amide bonds. The number of rotatable bonds is 4. The zero-order chi connectivity index (χ0) is 20.3. The first-order chi connectivity index (χ1) is 13.4. The number of ether oxygens (including phenoxy) is 1. The number of carbonyl (C=O) groups is 2. The fourth-order valence-corrected chi connectivity index (χ4v) is 3.03. The molecule has 1 saturated heterocycles. The van der Waals surface area contributed by atoms with Crippen LogP contribution in [0.25, 0.3) is 6.08 Å². The number of hydrogen-bond donors (Lipinski definition) is 1. The Bertz CT molecular complexity index is 1050. The highest BCUT2D eigenvalue weighted by molar-refractivity contribution is 7.80. The van der Waals surface area contributed by atoms with Crippen molar-refractivity contribution in [3.05, 3.63) is 64.7 Å². The van der Waals surface area contributed by atoms with Crippen molar-refractivity contribution < 1.29 is 14.3 Å². The third kappa shape index (κ3) is 3.77. The molecule has 1 heterocycles. The summed E-state index contributed by atoms with van der Waals surface area (Å²) < 4.78 is 5.37. The molecule has 0 bridgehead atoms. The molecule has 1 aliphatic heterocycles. The lowest BCUT2D eigenvalue weighted by Crippen LogP contribution is -2.54. The zero-order valence-electron chi connectivity index (χ0n) is 15.4. The monoisotopic (exact) mass is 391 g/mol. The summed E-state index contributed by atoms with van der Waals surface area (Å²) in [5.74, 6) is -0.694. The summed E-state index contributed by atoms with van der Waals surface area (Å²) in [6, 6.07) is 14.3. The van der Waals surface area contributed by atoms with E-state index in [9.17, 15) is 9.59 Å². The summed E-state index contributed by atoms with van der Waals surface area (Å²) in [4.78, 5) is 26.8. The van der Waals surface area contributed by atoms with Crippen molar-refractivity contribution in [1.29, 1.82) is 5.26 Å². The first kappa shape index (κ1) is 19.3. The van der Waals surface area contributed by atoms with Crippen molar-refractivity contribution in [3.8, 4) is 11.8 Å². The molecule has 3 rings (SSSR count). The maximum absolute atomic E-state index is 13.1. The number of amides is 2. The minimum absolute atomic E-state index is 0.0319. The fraction of sp³-hybridized carbons (Fsp3) is 0.143. The minimum atomic E-state index is -0.579. The fourth-order valence-electron chi connectivity index (χ4n) is 2.75. The molecule has 0 spiro atoms. The molecule has 140 valence electrons. The van der Waals surface area contributed by atoms with Gasteiger partial charge in [-0.25, -0.2) is 0 Å². The van der Waals surface area contributed by atoms with E-state index in [1.165, 1.54) is 11.0 Å². The van der Waals surface area contributed by atoms with Gasteiger partial charge in [0.25, 0.3) is 11.8 Å². The van der Waals surface area contributed by atoms with Gasteiger partial charge in [0.15, 0.2) is 11.7 Å². The van der Waals surface area contributed by atoms with Crippen LogP contribution in [0.5, 0.6) is 5.75 Å². The summed E-state index contributed by atoms with van der Waals surface area (Å²) in [7, 11) is 0. The molecule has 0 aliphatic carbocycles. The number of para-hydroxylation sites is 1. The van der Waals surface area contributed by atoms with Gasteiger partial charge in [-0.1, -0.05) is 24.3 Å². The van der Waals surface area contributed by atoms with Crippen LogP contribution in [0.1, 0.15) is 16.7 Å². The smallest absolute Gasteiger partial charge is 0.270 e. The maximum atomic E-state index is 13.1. The van der Waals surface area contributed by atoms with Crippen LogP contribution in [-0.4, -0.2) is 23.5 Å². The van der Waals surface area contributed by atoms with Crippen molar-refractivity contribution in [3.63, 3.8) is 0 Å². The molecule has 2 aromatic carbocycles. The second-order valence-corrected chi connectivity index (χ2v) is 6.60. The first-order valence-electron chi connectivity index (χ1n) is 8.50. The van der Waals surface area contributed by atoms with Crippen LogP contribution in [0, 0.1) is 25.2 Å². The van der Waals surface area contributed by atoms with Crippen LogP contribution in [0.2, 0.25) is 0 Å². The van der Waals surface area contributed by atoms with E-state index in [0.29, 0.717) is 17.0 Å². The van der Waals surface area contributed by atoms with E-state index < -0.39 is 11.8 Å². The lowest BCUT2D eigenvalue weighted by molar-refractivity contribution is -0.122. The number of hydrogen-bond acceptors (Lipinski definition) is 5. The molecular weight excluding hydrogens is 374 g/mol. The third-order valence-corrected chi connectivity index (χ3v) is 4.65. The predicted molar refractivity (Wildman–Crippen MR) is 110 cm³/mol. The Kier molecular flexibility index (Phi) is 5.52. The molecule has 7 heteroatoms. The van der Waals surface area contributed by atoms with E-state index >= 15 is 0 Å². The number of nitrogens with zero attached hydrogens (tertiary/aromatic N) is 2. The quantitative estimate of drug-likeness (QED) is 0.492. The summed E-state index contributed by atoms with van der Waals surface area (Å²) in [6.45, 7) is 3.77. The van der Waals surface area contributed by atoms with E-state index in [4.69, 9.17) is 22.2 Å². The summed E-state index contributed by atoms with van der Waals surface area (Å²) >= 11 is 5.23. The van der Waals surface area contributed by atoms with E-state index in [1.54, 1.807) is 30.3 Å². The van der Waals surface area contributed by atoms with Gasteiger partial charge in [0.05, 0.1) is 5.69 Å². The number of nitriles is 1. The maximum Gasteiger partial charge on any atom is 0.270 e. The SMILES string of the molecule is Cc1ccc(N2C(=O)/C(=C/c3ccccc3OCC#N)C(=O)NC2=S)cc1C. The first-order valence-corrected chi connectivity index (χ1v) is 8.90. The van der Waals surface area contributed by atoms with E-state index in [-0.39, 0.29) is 17.3 Å². The summed E-state index contributed by atoms with van der Waals surface area (Å²) in [5.41, 5.74) is 3.12. The molecule has 0 atom stereocenters. The van der Waals surface area contributed by atoms with Crippen LogP contribution in [0.15, 0.2) is 48.0 Å². The van der Waals surface area contributed by atoms with Gasteiger partial charge in [0, 0.05) is 5.56 Å². The molecule has 1 aliphatic rings. The third-order valence-electron chi connectivity index (χ3n) is 4.36. The second-order valence-electron chi connectivity index (χ2n) is 6.21. The Balaban J connectivity index is 2.02. The van der Waals surface area contributed by atoms with Crippen molar-refractivity contribution in [2.24, 2.45) is 0 Å². The van der Waals surface area contributed by atoms with Crippen LogP contribution in [0.3, 0.4) is 0 Å². The average molecular weight is 391 g/mol. The second kappa shape index (κ2) is 8.03. The van der Waals surface area contributed by atoms with Gasteiger partial charge >= 0.3 is 0 Å². The van der Waals surface area contributed by atoms with Gasteiger partial charge < -0.3 is 4.74 Å². The van der Waals surface area contributed by atoms with Crippen molar-refractivity contribution in [2.45, 2.75) is 13.8 Å². The average Bonchev–Trinajstić information content (AvgIpc) is 2.67. The molecule has 2 aromatic rings. The molecule has 0 saturated carbocycles. The van der Waals surface area contributed by atoms with Gasteiger partial charge in [-0.3, -0.25) is 19.8 Å². The standard InChI is InChI=1S/C21H17N3O3S/c1-13-7-8-16(11-14(13)2)24-20(26)17(19(25)23-21(24)28)12-15-5-3-4-6-18(15)27-10-9-22/h3-8,11-12H,10H2,1-2H3,(H,23,25,28)/b17-12+. The van der Waals surface area contributed by atoms with Gasteiger partial charge in [-0.05, 0) is 61.5 Å². The molecule has 0 radical (unpaired) electrons. The number of nitrogens with one attached hydrogen (secondary N) is 1. The molecule has 1 N–H and O–H groups in total. The Morgan fingerprint density at radius 2 is 1.93 bits per heavy atom. The van der Waals surface area contributed by atoms with Crippen LogP contribution in [-0.2, 0) is 9.59 Å². The largest absolute Gasteiger partial charge is 0.478 e. The van der Waals surface area contributed by atoms with Gasteiger partial charge in [-0.2, -0.15) is 5.26 Å². The predicted octanol–water partition coefficient (Wildman–Crippen LogP) is 3.04. The summed E-state index contributed by atoms with van der Waals surface area (Å²) in [5, 5.41) is 11.3. The van der Waals surface area contributed by atoms with Crippen molar-refractivity contribution >= 4 is 40.9 Å². The Morgan fingerprint density at radius 1 is 1.18 bits per heavy atom. The number of anilines is 1. The molecule has 1 fully saturated rings. The normalized spacial score (nSPS) is 15.4. The molecular formula is C21H17N3O3S. The number of benzene rings is 2. The van der Waals surface area contributed by atoms with Crippen molar-refractivity contribution in [1.82, 2.24) is 5.32 Å². The highest BCUT2D eigenvalue weighted by atomic mass is 32.1. The highest BCUT2D eigenvalue weighted by Crippen LogP contribution is 2.26. The van der Waals surface area contributed by atoms with Crippen LogP contribution in [0.4, 0.5) is 5.69 Å². The van der Waals surface area contributed by atoms with Crippen molar-refractivity contribution in [2.75, 3.05) is 11.5 Å².